The molecule has 1 heterocycles. The average molecular weight is 436 g/mol. The maximum atomic E-state index is 13.4. The number of carbonyl (C=O) groups excluding carboxylic acids is 1. The van der Waals surface area contributed by atoms with Crippen molar-refractivity contribution in [3.05, 3.63) is 89.4 Å². The van der Waals surface area contributed by atoms with Crippen LogP contribution in [0, 0.1) is 5.82 Å². The normalized spacial score (nSPS) is 11.1. The number of aliphatic imine (C=N–C) groups is 1. The van der Waals surface area contributed by atoms with Crippen LogP contribution in [0.25, 0.3) is 0 Å². The molecule has 0 fully saturated rings. The van der Waals surface area contributed by atoms with Crippen LogP contribution < -0.4 is 15.4 Å². The molecule has 0 unspecified atom stereocenters. The van der Waals surface area contributed by atoms with Crippen molar-refractivity contribution in [3.8, 4) is 11.6 Å². The first-order chi connectivity index (χ1) is 15.5. The van der Waals surface area contributed by atoms with Gasteiger partial charge in [0.25, 0.3) is 5.91 Å². The number of nitrogens with one attached hydrogen (secondary N) is 2. The zero-order valence-corrected chi connectivity index (χ0v) is 18.3. The number of guanidine groups is 1. The van der Waals surface area contributed by atoms with Crippen LogP contribution in [0.1, 0.15) is 21.5 Å². The van der Waals surface area contributed by atoms with Gasteiger partial charge in [0.1, 0.15) is 11.6 Å². The second-order valence-corrected chi connectivity index (χ2v) is 7.20. The van der Waals surface area contributed by atoms with Crippen molar-refractivity contribution in [2.24, 2.45) is 4.99 Å². The van der Waals surface area contributed by atoms with E-state index in [4.69, 9.17) is 4.74 Å². The van der Waals surface area contributed by atoms with Gasteiger partial charge in [-0.2, -0.15) is 0 Å². The Hall–Kier alpha value is -3.94. The fraction of sp³-hybridized carbons (Fsp3) is 0.208. The summed E-state index contributed by atoms with van der Waals surface area (Å²) in [5, 5.41) is 6.46. The molecule has 0 spiro atoms. The van der Waals surface area contributed by atoms with Crippen LogP contribution in [0.4, 0.5) is 4.39 Å². The van der Waals surface area contributed by atoms with Crippen molar-refractivity contribution in [2.45, 2.75) is 13.1 Å². The quantitative estimate of drug-likeness (QED) is 0.438. The standard InChI is InChI=1S/C24H26FN5O2/c1-26-24(28-15-17-9-11-18(12-10-17)23(31)30(2)3)29-16-19-6-5-13-27-22(19)32-21-8-4-7-20(25)14-21/h4-14H,15-16H2,1-3H3,(H2,26,28,29). The zero-order chi connectivity index (χ0) is 22.9. The Bertz CT molecular complexity index is 1080. The highest BCUT2D eigenvalue weighted by Gasteiger charge is 2.09. The Labute approximate surface area is 187 Å². The number of hydrogen-bond acceptors (Lipinski definition) is 4. The molecule has 3 aromatic rings. The maximum Gasteiger partial charge on any atom is 0.253 e. The summed E-state index contributed by atoms with van der Waals surface area (Å²) in [5.74, 6) is 0.960. The minimum atomic E-state index is -0.373. The van der Waals surface area contributed by atoms with Crippen LogP contribution in [0.3, 0.4) is 0 Å². The first-order valence-electron chi connectivity index (χ1n) is 10.1. The Morgan fingerprint density at radius 1 is 1.06 bits per heavy atom. The van der Waals surface area contributed by atoms with Crippen molar-refractivity contribution in [1.29, 1.82) is 0 Å². The summed E-state index contributed by atoms with van der Waals surface area (Å²) in [6.07, 6.45) is 1.62. The van der Waals surface area contributed by atoms with Gasteiger partial charge in [-0.15, -0.1) is 0 Å². The monoisotopic (exact) mass is 435 g/mol. The summed E-state index contributed by atoms with van der Waals surface area (Å²) in [7, 11) is 5.14. The maximum absolute atomic E-state index is 13.4. The molecule has 0 saturated heterocycles. The lowest BCUT2D eigenvalue weighted by Gasteiger charge is -2.14. The van der Waals surface area contributed by atoms with Crippen LogP contribution in [-0.2, 0) is 13.1 Å². The highest BCUT2D eigenvalue weighted by Crippen LogP contribution is 2.23. The highest BCUT2D eigenvalue weighted by molar-refractivity contribution is 5.93. The summed E-state index contributed by atoms with van der Waals surface area (Å²) < 4.78 is 19.2. The fourth-order valence-electron chi connectivity index (χ4n) is 2.90. The van der Waals surface area contributed by atoms with Gasteiger partial charge in [-0.05, 0) is 35.9 Å². The molecule has 0 aliphatic heterocycles. The molecule has 32 heavy (non-hydrogen) atoms. The van der Waals surface area contributed by atoms with Gasteiger partial charge < -0.3 is 20.3 Å². The van der Waals surface area contributed by atoms with Gasteiger partial charge in [0.05, 0.1) is 0 Å². The van der Waals surface area contributed by atoms with E-state index in [-0.39, 0.29) is 11.7 Å². The molecule has 0 aliphatic rings. The summed E-state index contributed by atoms with van der Waals surface area (Å²) in [6.45, 7) is 0.949. The Balaban J connectivity index is 1.57. The summed E-state index contributed by atoms with van der Waals surface area (Å²) >= 11 is 0. The predicted molar refractivity (Wildman–Crippen MR) is 122 cm³/mol. The smallest absolute Gasteiger partial charge is 0.253 e. The number of hydrogen-bond donors (Lipinski definition) is 2. The molecule has 0 bridgehead atoms. The number of halogens is 1. The minimum absolute atomic E-state index is 0.0327. The molecule has 166 valence electrons. The number of nitrogens with zero attached hydrogens (tertiary/aromatic N) is 3. The van der Waals surface area contributed by atoms with E-state index in [0.717, 1.165) is 11.1 Å². The average Bonchev–Trinajstić information content (AvgIpc) is 2.80. The Morgan fingerprint density at radius 3 is 2.50 bits per heavy atom. The molecule has 1 aromatic heterocycles. The molecule has 0 aliphatic carbocycles. The van der Waals surface area contributed by atoms with E-state index in [1.165, 1.54) is 12.1 Å². The lowest BCUT2D eigenvalue weighted by Crippen LogP contribution is -2.36. The molecule has 2 N–H and O–H groups in total. The summed E-state index contributed by atoms with van der Waals surface area (Å²) in [4.78, 5) is 22.0. The highest BCUT2D eigenvalue weighted by atomic mass is 19.1. The molecular formula is C24H26FN5O2. The predicted octanol–water partition coefficient (Wildman–Crippen LogP) is 3.58. The van der Waals surface area contributed by atoms with Crippen LogP contribution >= 0.6 is 0 Å². The zero-order valence-electron chi connectivity index (χ0n) is 18.3. The first-order valence-corrected chi connectivity index (χ1v) is 10.1. The minimum Gasteiger partial charge on any atom is -0.439 e. The second-order valence-electron chi connectivity index (χ2n) is 7.20. The summed E-state index contributed by atoms with van der Waals surface area (Å²) in [6, 6.07) is 17.0. The topological polar surface area (TPSA) is 78.9 Å². The number of pyridine rings is 1. The van der Waals surface area contributed by atoms with Gasteiger partial charge in [-0.25, -0.2) is 9.37 Å². The van der Waals surface area contributed by atoms with Crippen LogP contribution in [0.2, 0.25) is 0 Å². The molecule has 0 atom stereocenters. The molecule has 1 amide bonds. The molecule has 8 heteroatoms. The van der Waals surface area contributed by atoms with Crippen LogP contribution in [-0.4, -0.2) is 42.9 Å². The van der Waals surface area contributed by atoms with E-state index in [2.05, 4.69) is 20.6 Å². The fourth-order valence-corrected chi connectivity index (χ4v) is 2.90. The number of benzene rings is 2. The largest absolute Gasteiger partial charge is 0.439 e. The van der Waals surface area contributed by atoms with Crippen molar-refractivity contribution >= 4 is 11.9 Å². The van der Waals surface area contributed by atoms with E-state index in [0.29, 0.717) is 36.2 Å². The molecule has 7 nitrogen and oxygen atoms in total. The van der Waals surface area contributed by atoms with Gasteiger partial charge >= 0.3 is 0 Å². The summed E-state index contributed by atoms with van der Waals surface area (Å²) in [5.41, 5.74) is 2.45. The van der Waals surface area contributed by atoms with Crippen molar-refractivity contribution in [2.75, 3.05) is 21.1 Å². The van der Waals surface area contributed by atoms with Gasteiger partial charge in [0.15, 0.2) is 5.96 Å². The number of amides is 1. The van der Waals surface area contributed by atoms with E-state index >= 15 is 0 Å². The number of carbonyl (C=O) groups is 1. The van der Waals surface area contributed by atoms with Gasteiger partial charge in [0, 0.05) is 57.6 Å². The van der Waals surface area contributed by atoms with Crippen molar-refractivity contribution < 1.29 is 13.9 Å². The van der Waals surface area contributed by atoms with E-state index in [1.54, 1.807) is 56.5 Å². The van der Waals surface area contributed by atoms with Gasteiger partial charge in [-0.3, -0.25) is 9.79 Å². The molecule has 3 rings (SSSR count). The van der Waals surface area contributed by atoms with Gasteiger partial charge in [0.2, 0.25) is 5.88 Å². The van der Waals surface area contributed by atoms with Crippen LogP contribution in [0.15, 0.2) is 71.9 Å². The SMILES string of the molecule is CN=C(NCc1ccc(C(=O)N(C)C)cc1)NCc1cccnc1Oc1cccc(F)c1. The number of rotatable bonds is 7. The number of aromatic nitrogens is 1. The second kappa shape index (κ2) is 10.9. The molecule has 0 saturated carbocycles. The lowest BCUT2D eigenvalue weighted by molar-refractivity contribution is 0.0827. The van der Waals surface area contributed by atoms with E-state index in [1.807, 2.05) is 24.3 Å². The Morgan fingerprint density at radius 2 is 1.81 bits per heavy atom. The Kier molecular flexibility index (Phi) is 7.75. The van der Waals surface area contributed by atoms with Crippen LogP contribution in [0.5, 0.6) is 11.6 Å². The van der Waals surface area contributed by atoms with E-state index in [9.17, 15) is 9.18 Å². The molecule has 0 radical (unpaired) electrons. The molecule has 2 aromatic carbocycles. The third-order valence-electron chi connectivity index (χ3n) is 4.60. The molecular weight excluding hydrogens is 409 g/mol. The van der Waals surface area contributed by atoms with Gasteiger partial charge in [-0.1, -0.05) is 24.3 Å². The van der Waals surface area contributed by atoms with Crippen molar-refractivity contribution in [3.63, 3.8) is 0 Å². The van der Waals surface area contributed by atoms with E-state index < -0.39 is 0 Å². The lowest BCUT2D eigenvalue weighted by atomic mass is 10.1. The first kappa shape index (κ1) is 22.7. The van der Waals surface area contributed by atoms with Crippen molar-refractivity contribution in [1.82, 2.24) is 20.5 Å². The third-order valence-corrected chi connectivity index (χ3v) is 4.60. The third kappa shape index (κ3) is 6.28. The number of ether oxygens (including phenoxy) is 1.